The molecule has 0 amide bonds. The van der Waals surface area contributed by atoms with Gasteiger partial charge in [0.15, 0.2) is 0 Å². The summed E-state index contributed by atoms with van der Waals surface area (Å²) >= 11 is 12.2. The quantitative estimate of drug-likeness (QED) is 0.485. The van der Waals surface area contributed by atoms with Gasteiger partial charge in [0.1, 0.15) is 5.82 Å². The van der Waals surface area contributed by atoms with Gasteiger partial charge >= 0.3 is 35.6 Å². The standard InChI is InChI=1S/C23H23Cl2N3O3.Na/c1-23(2,21(29)30)16-6-4-5-15(11-16)19-13-20(28-22(27-19)31-3)26-10-9-14-7-8-17(24)12-18(14)25;/h4-8,11-13H,9-10H2,1-3H3,(H,29,30)(H,26,27,28);/q;+1/p-1. The van der Waals surface area contributed by atoms with Crippen molar-refractivity contribution in [3.8, 4) is 17.3 Å². The minimum Gasteiger partial charge on any atom is -0.549 e. The summed E-state index contributed by atoms with van der Waals surface area (Å²) in [6, 6.07) is 14.6. The van der Waals surface area contributed by atoms with Crippen molar-refractivity contribution in [2.24, 2.45) is 0 Å². The molecule has 0 saturated carbocycles. The van der Waals surface area contributed by atoms with Crippen molar-refractivity contribution in [1.29, 1.82) is 0 Å². The molecule has 3 aromatic rings. The van der Waals surface area contributed by atoms with Gasteiger partial charge in [-0.1, -0.05) is 61.3 Å². The molecule has 0 atom stereocenters. The second-order valence-electron chi connectivity index (χ2n) is 7.53. The molecule has 0 aliphatic carbocycles. The van der Waals surface area contributed by atoms with E-state index in [1.54, 1.807) is 50.2 Å². The van der Waals surface area contributed by atoms with Gasteiger partial charge in [-0.25, -0.2) is 0 Å². The third-order valence-electron chi connectivity index (χ3n) is 4.99. The van der Waals surface area contributed by atoms with Gasteiger partial charge in [-0.15, -0.1) is 0 Å². The third kappa shape index (κ3) is 6.36. The average Bonchev–Trinajstić information content (AvgIpc) is 2.75. The molecular formula is C23H22Cl2N3NaO3. The van der Waals surface area contributed by atoms with Gasteiger partial charge in [0.05, 0.1) is 18.8 Å². The minimum absolute atomic E-state index is 0. The summed E-state index contributed by atoms with van der Waals surface area (Å²) in [5, 5.41) is 16.0. The van der Waals surface area contributed by atoms with Gasteiger partial charge in [0.25, 0.3) is 0 Å². The Morgan fingerprint density at radius 2 is 1.88 bits per heavy atom. The molecule has 0 radical (unpaired) electrons. The van der Waals surface area contributed by atoms with E-state index >= 15 is 0 Å². The summed E-state index contributed by atoms with van der Waals surface area (Å²) in [5.74, 6) is -0.565. The number of nitrogens with one attached hydrogen (secondary N) is 1. The molecule has 0 aliphatic heterocycles. The smallest absolute Gasteiger partial charge is 0.549 e. The summed E-state index contributed by atoms with van der Waals surface area (Å²) in [6.45, 7) is 3.80. The van der Waals surface area contributed by atoms with Crippen LogP contribution in [0.1, 0.15) is 25.0 Å². The van der Waals surface area contributed by atoms with Gasteiger partial charge in [0.2, 0.25) is 0 Å². The molecule has 162 valence electrons. The number of rotatable bonds is 8. The number of aromatic nitrogens is 2. The van der Waals surface area contributed by atoms with Crippen LogP contribution in [0.25, 0.3) is 11.3 Å². The minimum atomic E-state index is -1.15. The van der Waals surface area contributed by atoms with Crippen LogP contribution in [-0.2, 0) is 16.6 Å². The van der Waals surface area contributed by atoms with E-state index in [1.165, 1.54) is 7.11 Å². The fourth-order valence-corrected chi connectivity index (χ4v) is 3.49. The summed E-state index contributed by atoms with van der Waals surface area (Å²) in [5.41, 5.74) is 1.81. The molecule has 1 heterocycles. The summed E-state index contributed by atoms with van der Waals surface area (Å²) in [6.07, 6.45) is 0.674. The zero-order chi connectivity index (χ0) is 22.6. The molecule has 0 aliphatic rings. The first-order chi connectivity index (χ1) is 14.7. The predicted molar refractivity (Wildman–Crippen MR) is 121 cm³/mol. The average molecular weight is 482 g/mol. The molecular weight excluding hydrogens is 460 g/mol. The molecule has 6 nitrogen and oxygen atoms in total. The van der Waals surface area contributed by atoms with Gasteiger partial charge in [0, 0.05) is 33.6 Å². The van der Waals surface area contributed by atoms with E-state index in [0.717, 1.165) is 11.1 Å². The van der Waals surface area contributed by atoms with Crippen LogP contribution in [0, 0.1) is 0 Å². The van der Waals surface area contributed by atoms with Crippen LogP contribution in [-0.4, -0.2) is 29.6 Å². The zero-order valence-corrected chi connectivity index (χ0v) is 21.9. The number of benzene rings is 2. The first kappa shape index (κ1) is 26.4. The normalized spacial score (nSPS) is 10.9. The number of hydrogen-bond donors (Lipinski definition) is 1. The molecule has 0 saturated heterocycles. The van der Waals surface area contributed by atoms with Crippen molar-refractivity contribution in [2.45, 2.75) is 25.7 Å². The number of carbonyl (C=O) groups is 1. The Morgan fingerprint density at radius 3 is 2.53 bits per heavy atom. The Bertz CT molecular complexity index is 1110. The molecule has 0 bridgehead atoms. The second kappa shape index (κ2) is 11.3. The molecule has 1 N–H and O–H groups in total. The number of carbonyl (C=O) groups excluding carboxylic acids is 1. The van der Waals surface area contributed by atoms with E-state index in [0.29, 0.717) is 40.1 Å². The van der Waals surface area contributed by atoms with Crippen LogP contribution in [0.15, 0.2) is 48.5 Å². The zero-order valence-electron chi connectivity index (χ0n) is 18.4. The Labute approximate surface area is 219 Å². The maximum Gasteiger partial charge on any atom is 1.00 e. The molecule has 0 unspecified atom stereocenters. The second-order valence-corrected chi connectivity index (χ2v) is 8.37. The van der Waals surface area contributed by atoms with Crippen LogP contribution in [0.2, 0.25) is 10.0 Å². The molecule has 9 heteroatoms. The van der Waals surface area contributed by atoms with E-state index < -0.39 is 11.4 Å². The van der Waals surface area contributed by atoms with Gasteiger partial charge in [-0.05, 0) is 35.7 Å². The van der Waals surface area contributed by atoms with E-state index in [-0.39, 0.29) is 35.6 Å². The summed E-state index contributed by atoms with van der Waals surface area (Å²) in [7, 11) is 1.49. The Hall–Kier alpha value is -1.83. The van der Waals surface area contributed by atoms with Crippen LogP contribution in [0.3, 0.4) is 0 Å². The monoisotopic (exact) mass is 481 g/mol. The molecule has 2 aromatic carbocycles. The molecule has 0 fully saturated rings. The van der Waals surface area contributed by atoms with Gasteiger partial charge in [-0.3, -0.25) is 0 Å². The van der Waals surface area contributed by atoms with E-state index in [4.69, 9.17) is 27.9 Å². The molecule has 0 spiro atoms. The van der Waals surface area contributed by atoms with Crippen molar-refractivity contribution >= 4 is 35.0 Å². The molecule has 32 heavy (non-hydrogen) atoms. The van der Waals surface area contributed by atoms with Crippen LogP contribution in [0.5, 0.6) is 6.01 Å². The Kier molecular flexibility index (Phi) is 9.37. The number of ether oxygens (including phenoxy) is 1. The first-order valence-corrected chi connectivity index (χ1v) is 10.4. The maximum absolute atomic E-state index is 11.5. The van der Waals surface area contributed by atoms with Crippen molar-refractivity contribution in [2.75, 3.05) is 19.0 Å². The molecule has 3 rings (SSSR count). The van der Waals surface area contributed by atoms with Crippen LogP contribution in [0.4, 0.5) is 5.82 Å². The van der Waals surface area contributed by atoms with Gasteiger partial charge in [-0.2, -0.15) is 9.97 Å². The number of halogens is 2. The number of methoxy groups -OCH3 is 1. The van der Waals surface area contributed by atoms with Crippen molar-refractivity contribution in [1.82, 2.24) is 9.97 Å². The fourth-order valence-electron chi connectivity index (χ4n) is 2.99. The van der Waals surface area contributed by atoms with Crippen molar-refractivity contribution < 1.29 is 44.2 Å². The number of aliphatic carboxylic acids is 1. The van der Waals surface area contributed by atoms with Crippen LogP contribution >= 0.6 is 23.2 Å². The summed E-state index contributed by atoms with van der Waals surface area (Å²) in [4.78, 5) is 20.3. The predicted octanol–water partition coefficient (Wildman–Crippen LogP) is 1.15. The van der Waals surface area contributed by atoms with E-state index in [9.17, 15) is 9.90 Å². The number of carboxylic acids is 1. The van der Waals surface area contributed by atoms with Gasteiger partial charge < -0.3 is 20.0 Å². The van der Waals surface area contributed by atoms with E-state index in [2.05, 4.69) is 15.3 Å². The SMILES string of the molecule is COc1nc(NCCc2ccc(Cl)cc2Cl)cc(-c2cccc(C(C)(C)C(=O)[O-])c2)n1.[Na+]. The number of nitrogens with zero attached hydrogens (tertiary/aromatic N) is 2. The first-order valence-electron chi connectivity index (χ1n) is 9.64. The maximum atomic E-state index is 11.5. The fraction of sp³-hybridized carbons (Fsp3) is 0.261. The Balaban J connectivity index is 0.00000363. The largest absolute Gasteiger partial charge is 1.00 e. The van der Waals surface area contributed by atoms with Crippen molar-refractivity contribution in [3.63, 3.8) is 0 Å². The third-order valence-corrected chi connectivity index (χ3v) is 5.58. The topological polar surface area (TPSA) is 87.2 Å². The number of carboxylic acid groups (broad SMARTS) is 1. The van der Waals surface area contributed by atoms with Crippen molar-refractivity contribution in [3.05, 3.63) is 69.7 Å². The summed E-state index contributed by atoms with van der Waals surface area (Å²) < 4.78 is 5.25. The van der Waals surface area contributed by atoms with E-state index in [1.807, 2.05) is 12.1 Å². The number of anilines is 1. The molecule has 1 aromatic heterocycles. The Morgan fingerprint density at radius 1 is 1.12 bits per heavy atom. The van der Waals surface area contributed by atoms with Crippen LogP contribution < -0.4 is 44.7 Å². The number of hydrogen-bond acceptors (Lipinski definition) is 6.